The molecule has 202 valence electrons. The van der Waals surface area contributed by atoms with Gasteiger partial charge in [0, 0.05) is 23.4 Å². The van der Waals surface area contributed by atoms with E-state index in [0.717, 1.165) is 46.1 Å². The molecule has 5 aromatic rings. The van der Waals surface area contributed by atoms with Crippen LogP contribution >= 0.6 is 11.3 Å². The molecule has 0 atom stereocenters. The van der Waals surface area contributed by atoms with Crippen LogP contribution in [-0.2, 0) is 23.5 Å². The van der Waals surface area contributed by atoms with Crippen LogP contribution in [0.4, 0.5) is 0 Å². The summed E-state index contributed by atoms with van der Waals surface area (Å²) in [6, 6.07) is 17.4. The Hall–Kier alpha value is -4.41. The number of fused-ring (bicyclic) bond motifs is 1. The van der Waals surface area contributed by atoms with Gasteiger partial charge in [0.15, 0.2) is 5.69 Å². The molecule has 1 fully saturated rings. The monoisotopic (exact) mass is 552 g/mol. The number of carbonyl (C=O) groups is 2. The molecule has 0 bridgehead atoms. The number of nitrogens with one attached hydrogen (secondary N) is 3. The summed E-state index contributed by atoms with van der Waals surface area (Å²) >= 11 is 1.55. The van der Waals surface area contributed by atoms with E-state index in [1.54, 1.807) is 30.0 Å². The highest BCUT2D eigenvalue weighted by Crippen LogP contribution is 2.48. The van der Waals surface area contributed by atoms with E-state index < -0.39 is 5.54 Å². The van der Waals surface area contributed by atoms with Crippen LogP contribution in [0.5, 0.6) is 0 Å². The third-order valence-corrected chi connectivity index (χ3v) is 7.82. The van der Waals surface area contributed by atoms with Crippen LogP contribution in [0.1, 0.15) is 56.1 Å². The van der Waals surface area contributed by atoms with Crippen LogP contribution in [0.25, 0.3) is 22.3 Å². The molecule has 0 unspecified atom stereocenters. The fourth-order valence-electron chi connectivity index (χ4n) is 4.93. The van der Waals surface area contributed by atoms with E-state index in [2.05, 4.69) is 25.8 Å². The molecule has 3 N–H and O–H groups in total. The number of carbonyl (C=O) groups excluding carboxylic acids is 2. The molecule has 6 rings (SSSR count). The van der Waals surface area contributed by atoms with Crippen LogP contribution < -0.4 is 10.6 Å². The Labute approximate surface area is 235 Å². The number of aryl methyl sites for hydroxylation is 1. The fourth-order valence-corrected chi connectivity index (χ4v) is 5.47. The summed E-state index contributed by atoms with van der Waals surface area (Å²) < 4.78 is 5.79. The Morgan fingerprint density at radius 3 is 2.67 bits per heavy atom. The van der Waals surface area contributed by atoms with Gasteiger partial charge in [-0.25, -0.2) is 9.97 Å². The molecule has 1 aliphatic carbocycles. The van der Waals surface area contributed by atoms with Gasteiger partial charge in [-0.05, 0) is 60.7 Å². The van der Waals surface area contributed by atoms with Crippen molar-refractivity contribution in [2.75, 3.05) is 7.05 Å². The van der Waals surface area contributed by atoms with Crippen molar-refractivity contribution in [1.29, 1.82) is 0 Å². The maximum Gasteiger partial charge on any atom is 0.271 e. The number of pyridine rings is 1. The standard InChI is InChI=1S/C30H28N6O3S/c1-18-11-19(14-39-15-20-16-40-17-32-20)7-8-21(18)28(37)34-30(9-10-30)23-12-25(33-24-6-4-3-5-22(23)24)26-13-27(36-35-26)29(38)31-2/h3-8,11-13,16-17H,9-10,14-15H2,1-2H3,(H,31,38)(H,34,37)(H,35,36). The van der Waals surface area contributed by atoms with Crippen LogP contribution in [0, 0.1) is 6.92 Å². The minimum Gasteiger partial charge on any atom is -0.370 e. The van der Waals surface area contributed by atoms with Gasteiger partial charge in [-0.15, -0.1) is 11.3 Å². The van der Waals surface area contributed by atoms with E-state index in [1.807, 2.05) is 60.8 Å². The van der Waals surface area contributed by atoms with Gasteiger partial charge in [0.1, 0.15) is 0 Å². The zero-order valence-electron chi connectivity index (χ0n) is 22.2. The number of para-hydroxylation sites is 1. The molecule has 3 aromatic heterocycles. The number of aromatic amines is 1. The summed E-state index contributed by atoms with van der Waals surface area (Å²) in [6.07, 6.45) is 1.64. The summed E-state index contributed by atoms with van der Waals surface area (Å²) in [4.78, 5) is 34.6. The fraction of sp³-hybridized carbons (Fsp3) is 0.233. The van der Waals surface area contributed by atoms with Crippen molar-refractivity contribution >= 4 is 34.1 Å². The average molecular weight is 553 g/mol. The van der Waals surface area contributed by atoms with Crippen LogP contribution in [0.3, 0.4) is 0 Å². The quantitative estimate of drug-likeness (QED) is 0.240. The van der Waals surface area contributed by atoms with Crippen molar-refractivity contribution in [2.24, 2.45) is 0 Å². The highest BCUT2D eigenvalue weighted by Gasteiger charge is 2.47. The minimum atomic E-state index is -0.500. The second-order valence-corrected chi connectivity index (χ2v) is 10.7. The first kappa shape index (κ1) is 25.8. The molecule has 0 saturated heterocycles. The van der Waals surface area contributed by atoms with E-state index in [0.29, 0.717) is 30.2 Å². The van der Waals surface area contributed by atoms with Gasteiger partial charge >= 0.3 is 0 Å². The SMILES string of the molecule is CNC(=O)c1cc(-c2cc(C3(NC(=O)c4ccc(COCc5cscn5)cc4C)CC3)c3ccccc3n2)[nH]n1. The number of benzene rings is 2. The number of amides is 2. The Morgan fingerprint density at radius 1 is 1.07 bits per heavy atom. The predicted molar refractivity (Wildman–Crippen MR) is 153 cm³/mol. The lowest BCUT2D eigenvalue weighted by Crippen LogP contribution is -2.35. The molecule has 10 heteroatoms. The maximum absolute atomic E-state index is 13.6. The predicted octanol–water partition coefficient (Wildman–Crippen LogP) is 4.89. The lowest BCUT2D eigenvalue weighted by atomic mass is 9.97. The van der Waals surface area contributed by atoms with E-state index in [4.69, 9.17) is 9.72 Å². The largest absolute Gasteiger partial charge is 0.370 e. The van der Waals surface area contributed by atoms with Gasteiger partial charge in [0.2, 0.25) is 0 Å². The summed E-state index contributed by atoms with van der Waals surface area (Å²) in [5.41, 5.74) is 8.14. The van der Waals surface area contributed by atoms with Gasteiger partial charge in [-0.2, -0.15) is 5.10 Å². The maximum atomic E-state index is 13.6. The lowest BCUT2D eigenvalue weighted by Gasteiger charge is -2.21. The Kier molecular flexibility index (Phi) is 6.87. The molecule has 2 aromatic carbocycles. The molecule has 1 saturated carbocycles. The third kappa shape index (κ3) is 5.11. The van der Waals surface area contributed by atoms with E-state index >= 15 is 0 Å². The number of rotatable bonds is 9. The molecular formula is C30H28N6O3S. The van der Waals surface area contributed by atoms with Crippen LogP contribution in [0.2, 0.25) is 0 Å². The number of H-pyrrole nitrogens is 1. The highest BCUT2D eigenvalue weighted by molar-refractivity contribution is 7.07. The Morgan fingerprint density at radius 2 is 1.93 bits per heavy atom. The molecule has 2 amide bonds. The Balaban J connectivity index is 1.25. The zero-order chi connectivity index (χ0) is 27.7. The second-order valence-electron chi connectivity index (χ2n) is 9.98. The highest BCUT2D eigenvalue weighted by atomic mass is 32.1. The summed E-state index contributed by atoms with van der Waals surface area (Å²) in [7, 11) is 1.57. The Bertz CT molecular complexity index is 1710. The summed E-state index contributed by atoms with van der Waals surface area (Å²) in [5, 5.41) is 15.9. The lowest BCUT2D eigenvalue weighted by molar-refractivity contribution is 0.0927. The van der Waals surface area contributed by atoms with Crippen LogP contribution in [0.15, 0.2) is 65.5 Å². The van der Waals surface area contributed by atoms with E-state index in [1.165, 1.54) is 0 Å². The number of hydrogen-bond acceptors (Lipinski definition) is 7. The van der Waals surface area contributed by atoms with E-state index in [9.17, 15) is 9.59 Å². The number of aromatic nitrogens is 4. The number of nitrogens with zero attached hydrogens (tertiary/aromatic N) is 3. The van der Waals surface area contributed by atoms with Crippen molar-refractivity contribution in [3.63, 3.8) is 0 Å². The third-order valence-electron chi connectivity index (χ3n) is 7.19. The van der Waals surface area contributed by atoms with Gasteiger partial charge in [0.25, 0.3) is 11.8 Å². The minimum absolute atomic E-state index is 0.115. The van der Waals surface area contributed by atoms with Crippen molar-refractivity contribution in [3.05, 3.63) is 99.1 Å². The van der Waals surface area contributed by atoms with Crippen molar-refractivity contribution < 1.29 is 14.3 Å². The molecule has 9 nitrogen and oxygen atoms in total. The number of ether oxygens (including phenoxy) is 1. The van der Waals surface area contributed by atoms with Crippen LogP contribution in [-0.4, -0.2) is 39.0 Å². The molecule has 1 aliphatic rings. The first-order valence-electron chi connectivity index (χ1n) is 13.0. The van der Waals surface area contributed by atoms with Gasteiger partial charge < -0.3 is 15.4 Å². The summed E-state index contributed by atoms with van der Waals surface area (Å²) in [5.74, 6) is -0.391. The smallest absolute Gasteiger partial charge is 0.271 e. The molecule has 40 heavy (non-hydrogen) atoms. The molecule has 0 spiro atoms. The molecule has 0 radical (unpaired) electrons. The van der Waals surface area contributed by atoms with Gasteiger partial charge in [-0.3, -0.25) is 14.7 Å². The topological polar surface area (TPSA) is 122 Å². The van der Waals surface area contributed by atoms with Crippen molar-refractivity contribution in [3.8, 4) is 11.4 Å². The van der Waals surface area contributed by atoms with E-state index in [-0.39, 0.29) is 17.5 Å². The average Bonchev–Trinajstić information content (AvgIpc) is 3.33. The number of hydrogen-bond donors (Lipinski definition) is 3. The molecular weight excluding hydrogens is 524 g/mol. The van der Waals surface area contributed by atoms with Crippen molar-refractivity contribution in [1.82, 2.24) is 30.8 Å². The molecule has 0 aliphatic heterocycles. The number of thiazole rings is 1. The zero-order valence-corrected chi connectivity index (χ0v) is 23.0. The first-order valence-corrected chi connectivity index (χ1v) is 13.9. The first-order chi connectivity index (χ1) is 19.5. The van der Waals surface area contributed by atoms with Crippen molar-refractivity contribution in [2.45, 2.75) is 38.5 Å². The summed E-state index contributed by atoms with van der Waals surface area (Å²) in [6.45, 7) is 2.85. The molecule has 3 heterocycles. The van der Waals surface area contributed by atoms with Gasteiger partial charge in [-0.1, -0.05) is 30.3 Å². The van der Waals surface area contributed by atoms with Gasteiger partial charge in [0.05, 0.1) is 46.9 Å². The second kappa shape index (κ2) is 10.6. The normalized spacial score (nSPS) is 13.8.